The van der Waals surface area contributed by atoms with Crippen LogP contribution < -0.4 is 10.5 Å². The number of piperidine rings is 1. The van der Waals surface area contributed by atoms with Crippen molar-refractivity contribution >= 4 is 0 Å². The summed E-state index contributed by atoms with van der Waals surface area (Å²) in [5.41, 5.74) is 8.89. The molecular weight excluding hydrogens is 236 g/mol. The molecule has 1 saturated heterocycles. The molecule has 1 fully saturated rings. The highest BCUT2D eigenvalue weighted by molar-refractivity contribution is 5.38. The fourth-order valence-corrected chi connectivity index (χ4v) is 3.16. The molecule has 106 valence electrons. The lowest BCUT2D eigenvalue weighted by molar-refractivity contribution is 0.0946. The smallest absolute Gasteiger partial charge is 0.121 e. The monoisotopic (exact) mass is 262 g/mol. The van der Waals surface area contributed by atoms with Gasteiger partial charge in [-0.05, 0) is 57.4 Å². The van der Waals surface area contributed by atoms with Crippen LogP contribution in [0.2, 0.25) is 0 Å². The van der Waals surface area contributed by atoms with Crippen LogP contribution in [0.4, 0.5) is 0 Å². The molecule has 1 aliphatic rings. The number of nitrogens with two attached hydrogens (primary N) is 1. The highest BCUT2D eigenvalue weighted by atomic mass is 16.5. The van der Waals surface area contributed by atoms with Crippen LogP contribution in [0.5, 0.6) is 5.75 Å². The lowest BCUT2D eigenvalue weighted by Crippen LogP contribution is -2.48. The van der Waals surface area contributed by atoms with E-state index in [9.17, 15) is 0 Å². The van der Waals surface area contributed by atoms with Gasteiger partial charge >= 0.3 is 0 Å². The summed E-state index contributed by atoms with van der Waals surface area (Å²) >= 11 is 0. The molecule has 1 aliphatic heterocycles. The number of hydrogen-bond acceptors (Lipinski definition) is 3. The quantitative estimate of drug-likeness (QED) is 0.910. The van der Waals surface area contributed by atoms with Gasteiger partial charge in [0.2, 0.25) is 0 Å². The average Bonchev–Trinajstić information content (AvgIpc) is 2.38. The van der Waals surface area contributed by atoms with E-state index in [2.05, 4.69) is 43.9 Å². The van der Waals surface area contributed by atoms with E-state index in [1.54, 1.807) is 7.11 Å². The number of benzene rings is 1. The summed E-state index contributed by atoms with van der Waals surface area (Å²) in [6, 6.07) is 7.53. The van der Waals surface area contributed by atoms with E-state index in [4.69, 9.17) is 10.5 Å². The van der Waals surface area contributed by atoms with E-state index in [1.807, 2.05) is 0 Å². The number of hydrogen-bond donors (Lipinski definition) is 1. The zero-order chi connectivity index (χ0) is 14.0. The molecule has 1 heterocycles. The minimum Gasteiger partial charge on any atom is -0.496 e. The van der Waals surface area contributed by atoms with Crippen molar-refractivity contribution < 1.29 is 4.74 Å². The van der Waals surface area contributed by atoms with E-state index >= 15 is 0 Å². The lowest BCUT2D eigenvalue weighted by Gasteiger charge is -2.42. The van der Waals surface area contributed by atoms with Crippen LogP contribution in [0, 0.1) is 6.92 Å². The second-order valence-corrected chi connectivity index (χ2v) is 5.81. The molecule has 2 N–H and O–H groups in total. The summed E-state index contributed by atoms with van der Waals surface area (Å²) in [4.78, 5) is 2.52. The van der Waals surface area contributed by atoms with Gasteiger partial charge in [0.1, 0.15) is 5.75 Å². The lowest BCUT2D eigenvalue weighted by atomic mass is 9.89. The molecule has 0 spiro atoms. The number of nitrogens with zero attached hydrogens (tertiary/aromatic N) is 1. The number of aryl methyl sites for hydroxylation is 1. The summed E-state index contributed by atoms with van der Waals surface area (Å²) in [5, 5.41) is 0. The Kier molecular flexibility index (Phi) is 4.48. The van der Waals surface area contributed by atoms with Crippen LogP contribution >= 0.6 is 0 Å². The zero-order valence-corrected chi connectivity index (χ0v) is 12.5. The Bertz CT molecular complexity index is 431. The van der Waals surface area contributed by atoms with Crippen LogP contribution in [0.1, 0.15) is 43.9 Å². The van der Waals surface area contributed by atoms with Crippen molar-refractivity contribution in [1.82, 2.24) is 4.90 Å². The molecule has 0 bridgehead atoms. The number of likely N-dealkylation sites (tertiary alicyclic amines) is 1. The molecule has 0 aromatic heterocycles. The molecule has 0 aliphatic carbocycles. The van der Waals surface area contributed by atoms with Gasteiger partial charge in [0.05, 0.1) is 13.2 Å². The van der Waals surface area contributed by atoms with Gasteiger partial charge in [0, 0.05) is 12.1 Å². The number of rotatable bonds is 3. The summed E-state index contributed by atoms with van der Waals surface area (Å²) < 4.78 is 5.34. The molecule has 0 radical (unpaired) electrons. The Morgan fingerprint density at radius 1 is 1.37 bits per heavy atom. The van der Waals surface area contributed by atoms with E-state index in [1.165, 1.54) is 17.5 Å². The summed E-state index contributed by atoms with van der Waals surface area (Å²) in [7, 11) is 1.72. The maximum absolute atomic E-state index is 6.39. The van der Waals surface area contributed by atoms with Crippen LogP contribution in [-0.4, -0.2) is 30.6 Å². The first-order valence-corrected chi connectivity index (χ1v) is 7.20. The molecule has 3 nitrogen and oxygen atoms in total. The Balaban J connectivity index is 2.33. The predicted octanol–water partition coefficient (Wildman–Crippen LogP) is 2.88. The maximum Gasteiger partial charge on any atom is 0.121 e. The molecular formula is C16H26N2O. The molecule has 19 heavy (non-hydrogen) atoms. The highest BCUT2D eigenvalue weighted by Crippen LogP contribution is 2.33. The van der Waals surface area contributed by atoms with E-state index in [0.29, 0.717) is 12.1 Å². The van der Waals surface area contributed by atoms with Crippen LogP contribution in [0.3, 0.4) is 0 Å². The first-order valence-electron chi connectivity index (χ1n) is 7.20. The fourth-order valence-electron chi connectivity index (χ4n) is 3.16. The van der Waals surface area contributed by atoms with Crippen LogP contribution in [-0.2, 0) is 0 Å². The molecule has 1 aromatic rings. The van der Waals surface area contributed by atoms with E-state index < -0.39 is 0 Å². The van der Waals surface area contributed by atoms with Gasteiger partial charge in [-0.25, -0.2) is 0 Å². The molecule has 3 heteroatoms. The van der Waals surface area contributed by atoms with Crippen molar-refractivity contribution in [3.63, 3.8) is 0 Å². The van der Waals surface area contributed by atoms with Gasteiger partial charge in [-0.1, -0.05) is 12.1 Å². The predicted molar refractivity (Wildman–Crippen MR) is 79.5 cm³/mol. The zero-order valence-electron chi connectivity index (χ0n) is 12.5. The van der Waals surface area contributed by atoms with Gasteiger partial charge in [0.15, 0.2) is 0 Å². The molecule has 1 aromatic carbocycles. The van der Waals surface area contributed by atoms with Crippen LogP contribution in [0.15, 0.2) is 18.2 Å². The Hall–Kier alpha value is -1.06. The van der Waals surface area contributed by atoms with Gasteiger partial charge in [-0.3, -0.25) is 4.90 Å². The second-order valence-electron chi connectivity index (χ2n) is 5.81. The Morgan fingerprint density at radius 2 is 2.11 bits per heavy atom. The van der Waals surface area contributed by atoms with Crippen molar-refractivity contribution in [2.45, 2.75) is 51.7 Å². The van der Waals surface area contributed by atoms with Crippen molar-refractivity contribution in [2.24, 2.45) is 5.73 Å². The third-order valence-electron chi connectivity index (χ3n) is 4.14. The SMILES string of the molecule is COc1ccc(C2C(N)CCCN2C(C)C)cc1C. The Morgan fingerprint density at radius 3 is 2.68 bits per heavy atom. The minimum absolute atomic E-state index is 0.226. The summed E-state index contributed by atoms with van der Waals surface area (Å²) in [6.45, 7) is 7.74. The first-order chi connectivity index (χ1) is 9.04. The van der Waals surface area contributed by atoms with Gasteiger partial charge in [-0.15, -0.1) is 0 Å². The third kappa shape index (κ3) is 2.93. The minimum atomic E-state index is 0.226. The van der Waals surface area contributed by atoms with Gasteiger partial charge in [-0.2, -0.15) is 0 Å². The summed E-state index contributed by atoms with van der Waals surface area (Å²) in [5.74, 6) is 0.948. The van der Waals surface area contributed by atoms with Crippen molar-refractivity contribution in [1.29, 1.82) is 0 Å². The maximum atomic E-state index is 6.39. The van der Waals surface area contributed by atoms with Gasteiger partial charge < -0.3 is 10.5 Å². The van der Waals surface area contributed by atoms with E-state index in [0.717, 1.165) is 18.7 Å². The third-order valence-corrected chi connectivity index (χ3v) is 4.14. The summed E-state index contributed by atoms with van der Waals surface area (Å²) in [6.07, 6.45) is 2.31. The molecule has 0 saturated carbocycles. The number of ether oxygens (including phenoxy) is 1. The normalized spacial score (nSPS) is 24.7. The molecule has 2 atom stereocenters. The highest BCUT2D eigenvalue weighted by Gasteiger charge is 2.31. The van der Waals surface area contributed by atoms with Crippen molar-refractivity contribution in [3.05, 3.63) is 29.3 Å². The average molecular weight is 262 g/mol. The van der Waals surface area contributed by atoms with E-state index in [-0.39, 0.29) is 6.04 Å². The van der Waals surface area contributed by atoms with Crippen molar-refractivity contribution in [2.75, 3.05) is 13.7 Å². The Labute approximate surface area is 116 Å². The van der Waals surface area contributed by atoms with Gasteiger partial charge in [0.25, 0.3) is 0 Å². The first kappa shape index (κ1) is 14.4. The molecule has 2 rings (SSSR count). The van der Waals surface area contributed by atoms with Crippen LogP contribution in [0.25, 0.3) is 0 Å². The standard InChI is InChI=1S/C16H26N2O/c1-11(2)18-9-5-6-14(17)16(18)13-7-8-15(19-4)12(3)10-13/h7-8,10-11,14,16H,5-6,9,17H2,1-4H3. The second kappa shape index (κ2) is 5.93. The number of methoxy groups -OCH3 is 1. The fraction of sp³-hybridized carbons (Fsp3) is 0.625. The topological polar surface area (TPSA) is 38.5 Å². The molecule has 0 amide bonds. The largest absolute Gasteiger partial charge is 0.496 e. The van der Waals surface area contributed by atoms with Crippen molar-refractivity contribution in [3.8, 4) is 5.75 Å². The molecule has 2 unspecified atom stereocenters.